The first kappa shape index (κ1) is 25.3. The van der Waals surface area contributed by atoms with Crippen LogP contribution in [0.15, 0.2) is 29.6 Å². The maximum Gasteiger partial charge on any atom is 0.191 e. The van der Waals surface area contributed by atoms with Crippen molar-refractivity contribution in [2.24, 2.45) is 4.99 Å². The second kappa shape index (κ2) is 12.8. The molecular formula is C21H35IN8O. The van der Waals surface area contributed by atoms with Crippen LogP contribution >= 0.6 is 24.0 Å². The van der Waals surface area contributed by atoms with Crippen molar-refractivity contribution in [2.75, 3.05) is 31.1 Å². The molecule has 0 aliphatic carbocycles. The largest absolute Gasteiger partial charge is 0.372 e. The molecule has 2 aromatic rings. The Bertz CT molecular complexity index is 800. The minimum absolute atomic E-state index is 0. The molecule has 0 amide bonds. The quantitative estimate of drug-likeness (QED) is 0.300. The lowest BCUT2D eigenvalue weighted by Gasteiger charge is -2.36. The highest BCUT2D eigenvalue weighted by Crippen LogP contribution is 2.18. The molecule has 2 unspecified atom stereocenters. The van der Waals surface area contributed by atoms with Gasteiger partial charge >= 0.3 is 0 Å². The van der Waals surface area contributed by atoms with E-state index < -0.39 is 0 Å². The fourth-order valence-electron chi connectivity index (χ4n) is 3.61. The number of pyridine rings is 1. The number of aromatic nitrogens is 4. The molecule has 9 nitrogen and oxygen atoms in total. The van der Waals surface area contributed by atoms with Gasteiger partial charge in [0.2, 0.25) is 0 Å². The van der Waals surface area contributed by atoms with Gasteiger partial charge in [0.1, 0.15) is 18.0 Å². The van der Waals surface area contributed by atoms with Crippen LogP contribution in [0.25, 0.3) is 0 Å². The van der Waals surface area contributed by atoms with E-state index in [1.807, 2.05) is 6.20 Å². The molecule has 10 heteroatoms. The number of rotatable bonds is 8. The van der Waals surface area contributed by atoms with Crippen molar-refractivity contribution in [3.63, 3.8) is 0 Å². The van der Waals surface area contributed by atoms with Gasteiger partial charge in [0.15, 0.2) is 5.96 Å². The van der Waals surface area contributed by atoms with Crippen LogP contribution in [0.4, 0.5) is 5.82 Å². The van der Waals surface area contributed by atoms with Crippen molar-refractivity contribution in [1.29, 1.82) is 0 Å². The molecule has 31 heavy (non-hydrogen) atoms. The predicted octanol–water partition coefficient (Wildman–Crippen LogP) is 2.22. The van der Waals surface area contributed by atoms with Crippen LogP contribution in [-0.4, -0.2) is 64.1 Å². The lowest BCUT2D eigenvalue weighted by molar-refractivity contribution is -0.00545. The third-order valence-corrected chi connectivity index (χ3v) is 4.97. The Kier molecular flexibility index (Phi) is 10.4. The Morgan fingerprint density at radius 1 is 1.19 bits per heavy atom. The Labute approximate surface area is 202 Å². The average molecular weight is 542 g/mol. The summed E-state index contributed by atoms with van der Waals surface area (Å²) >= 11 is 0. The number of morpholine rings is 1. The van der Waals surface area contributed by atoms with Gasteiger partial charge in [0.05, 0.1) is 18.8 Å². The zero-order valence-electron chi connectivity index (χ0n) is 18.9. The van der Waals surface area contributed by atoms with E-state index in [-0.39, 0.29) is 36.2 Å². The molecule has 3 rings (SSSR count). The molecule has 0 radical (unpaired) electrons. The second-order valence-corrected chi connectivity index (χ2v) is 7.60. The van der Waals surface area contributed by atoms with Crippen molar-refractivity contribution < 1.29 is 4.74 Å². The van der Waals surface area contributed by atoms with Crippen molar-refractivity contribution in [2.45, 2.75) is 59.4 Å². The van der Waals surface area contributed by atoms with E-state index in [1.54, 1.807) is 6.33 Å². The summed E-state index contributed by atoms with van der Waals surface area (Å²) in [4.78, 5) is 11.6. The monoisotopic (exact) mass is 542 g/mol. The Morgan fingerprint density at radius 2 is 1.97 bits per heavy atom. The van der Waals surface area contributed by atoms with E-state index >= 15 is 0 Å². The molecule has 1 aliphatic rings. The number of aliphatic imine (C=N–C) groups is 1. The Balaban J connectivity index is 0.00000341. The van der Waals surface area contributed by atoms with Crippen LogP contribution in [0, 0.1) is 0 Å². The van der Waals surface area contributed by atoms with Crippen molar-refractivity contribution in [3.05, 3.63) is 36.0 Å². The summed E-state index contributed by atoms with van der Waals surface area (Å²) in [5.74, 6) is 2.79. The van der Waals surface area contributed by atoms with Gasteiger partial charge in [-0.1, -0.05) is 13.0 Å². The van der Waals surface area contributed by atoms with Gasteiger partial charge in [-0.05, 0) is 32.4 Å². The maximum atomic E-state index is 5.81. The van der Waals surface area contributed by atoms with Crippen LogP contribution in [0.5, 0.6) is 0 Å². The van der Waals surface area contributed by atoms with Crippen molar-refractivity contribution >= 4 is 35.8 Å². The average Bonchev–Trinajstić information content (AvgIpc) is 3.19. The number of ether oxygens (including phenoxy) is 1. The van der Waals surface area contributed by atoms with Crippen molar-refractivity contribution in [1.82, 2.24) is 30.4 Å². The number of halogens is 1. The standard InChI is InChI=1S/C21H34N8O.HI/c1-5-19-27-26-15-28(19)10-9-23-21(22-6-2)25-12-18-7-8-20(24-11-18)29-13-16(3)30-17(4)14-29;/h7-8,11,15-17H,5-6,9-10,12-14H2,1-4H3,(H2,22,23,25);1H. The van der Waals surface area contributed by atoms with Crippen LogP contribution in [-0.2, 0) is 24.2 Å². The van der Waals surface area contributed by atoms with Gasteiger partial charge in [-0.15, -0.1) is 34.2 Å². The molecule has 172 valence electrons. The highest BCUT2D eigenvalue weighted by atomic mass is 127. The zero-order valence-corrected chi connectivity index (χ0v) is 21.2. The first-order valence-electron chi connectivity index (χ1n) is 10.8. The molecule has 0 saturated carbocycles. The molecule has 2 N–H and O–H groups in total. The van der Waals surface area contributed by atoms with Gasteiger partial charge in [-0.3, -0.25) is 0 Å². The number of guanidine groups is 1. The van der Waals surface area contributed by atoms with Gasteiger partial charge in [-0.25, -0.2) is 9.98 Å². The molecule has 1 aliphatic heterocycles. The molecule has 3 heterocycles. The van der Waals surface area contributed by atoms with E-state index in [0.29, 0.717) is 6.54 Å². The molecular weight excluding hydrogens is 507 g/mol. The number of hydrogen-bond acceptors (Lipinski definition) is 6. The van der Waals surface area contributed by atoms with E-state index in [1.165, 1.54) is 0 Å². The van der Waals surface area contributed by atoms with E-state index in [2.05, 4.69) is 75.1 Å². The first-order valence-corrected chi connectivity index (χ1v) is 10.8. The van der Waals surface area contributed by atoms with Gasteiger partial charge in [0, 0.05) is 45.3 Å². The summed E-state index contributed by atoms with van der Waals surface area (Å²) in [5, 5.41) is 14.8. The number of nitrogens with one attached hydrogen (secondary N) is 2. The topological polar surface area (TPSA) is 92.5 Å². The van der Waals surface area contributed by atoms with Gasteiger partial charge in [0.25, 0.3) is 0 Å². The summed E-state index contributed by atoms with van der Waals surface area (Å²) < 4.78 is 7.87. The molecule has 2 aromatic heterocycles. The number of anilines is 1. The molecule has 0 aromatic carbocycles. The Hall–Kier alpha value is -1.95. The summed E-state index contributed by atoms with van der Waals surface area (Å²) in [6.45, 7) is 13.0. The van der Waals surface area contributed by atoms with Gasteiger partial charge in [-0.2, -0.15) is 0 Å². The lowest BCUT2D eigenvalue weighted by Crippen LogP contribution is -2.45. The van der Waals surface area contributed by atoms with Crippen LogP contribution < -0.4 is 15.5 Å². The molecule has 0 spiro atoms. The SMILES string of the molecule is CCNC(=NCc1ccc(N2CC(C)OC(C)C2)nc1)NCCn1cnnc1CC.I. The highest BCUT2D eigenvalue weighted by molar-refractivity contribution is 14.0. The number of aryl methyl sites for hydroxylation is 1. The third-order valence-electron chi connectivity index (χ3n) is 4.97. The molecule has 1 fully saturated rings. The van der Waals surface area contributed by atoms with Gasteiger partial charge < -0.3 is 24.8 Å². The van der Waals surface area contributed by atoms with Crippen molar-refractivity contribution in [3.8, 4) is 0 Å². The first-order chi connectivity index (χ1) is 14.6. The Morgan fingerprint density at radius 3 is 2.61 bits per heavy atom. The minimum atomic E-state index is 0. The second-order valence-electron chi connectivity index (χ2n) is 7.60. The number of hydrogen-bond donors (Lipinski definition) is 2. The lowest BCUT2D eigenvalue weighted by atomic mass is 10.2. The molecule has 2 atom stereocenters. The third kappa shape index (κ3) is 7.60. The normalized spacial score (nSPS) is 19.1. The maximum absolute atomic E-state index is 5.81. The van der Waals surface area contributed by atoms with E-state index in [4.69, 9.17) is 9.73 Å². The minimum Gasteiger partial charge on any atom is -0.372 e. The summed E-state index contributed by atoms with van der Waals surface area (Å²) in [6.07, 6.45) is 5.01. The van der Waals surface area contributed by atoms with E-state index in [9.17, 15) is 0 Å². The summed E-state index contributed by atoms with van der Waals surface area (Å²) in [6, 6.07) is 4.18. The zero-order chi connectivity index (χ0) is 21.3. The predicted molar refractivity (Wildman–Crippen MR) is 134 cm³/mol. The van der Waals surface area contributed by atoms with Crippen LogP contribution in [0.3, 0.4) is 0 Å². The number of nitrogens with zero attached hydrogens (tertiary/aromatic N) is 6. The fraction of sp³-hybridized carbons (Fsp3) is 0.619. The fourth-order valence-corrected chi connectivity index (χ4v) is 3.61. The van der Waals surface area contributed by atoms with Crippen LogP contribution in [0.1, 0.15) is 39.1 Å². The van der Waals surface area contributed by atoms with E-state index in [0.717, 1.165) is 62.3 Å². The van der Waals surface area contributed by atoms with Crippen LogP contribution in [0.2, 0.25) is 0 Å². The molecule has 0 bridgehead atoms. The highest BCUT2D eigenvalue weighted by Gasteiger charge is 2.22. The summed E-state index contributed by atoms with van der Waals surface area (Å²) in [7, 11) is 0. The smallest absolute Gasteiger partial charge is 0.191 e. The molecule has 1 saturated heterocycles. The summed E-state index contributed by atoms with van der Waals surface area (Å²) in [5.41, 5.74) is 1.08.